The summed E-state index contributed by atoms with van der Waals surface area (Å²) in [6, 6.07) is 19.5. The van der Waals surface area contributed by atoms with Gasteiger partial charge in [0.15, 0.2) is 0 Å². The fourth-order valence-electron chi connectivity index (χ4n) is 5.30. The van der Waals surface area contributed by atoms with Crippen molar-refractivity contribution in [3.63, 3.8) is 0 Å². The zero-order valence-corrected chi connectivity index (χ0v) is 19.1. The molecule has 3 aromatic carbocycles. The van der Waals surface area contributed by atoms with Gasteiger partial charge in [0.25, 0.3) is 5.91 Å². The van der Waals surface area contributed by atoms with Gasteiger partial charge in [0.05, 0.1) is 22.5 Å². The average molecular weight is 491 g/mol. The number of rotatable bonds is 3. The molecule has 1 saturated heterocycles. The van der Waals surface area contributed by atoms with Crippen LogP contribution in [0, 0.1) is 0 Å². The van der Waals surface area contributed by atoms with Crippen LogP contribution in [0.3, 0.4) is 0 Å². The summed E-state index contributed by atoms with van der Waals surface area (Å²) in [6.45, 7) is 0.341. The van der Waals surface area contributed by atoms with Crippen molar-refractivity contribution in [1.82, 2.24) is 0 Å². The third kappa shape index (κ3) is 2.84. The van der Waals surface area contributed by atoms with Crippen molar-refractivity contribution >= 4 is 40.6 Å². The molecule has 0 spiro atoms. The third-order valence-electron chi connectivity index (χ3n) is 6.82. The van der Waals surface area contributed by atoms with E-state index in [4.69, 9.17) is 21.4 Å². The van der Waals surface area contributed by atoms with Crippen LogP contribution < -0.4 is 9.80 Å². The minimum atomic E-state index is -2.21. The SMILES string of the molecule is O=C(OO[C@]12N3CCC[C@@]1(O)C(=O)c1ccccc1N2C(=O)c1ccccc13)c1cccc(Cl)c1. The zero-order chi connectivity index (χ0) is 24.4. The molecule has 0 bridgehead atoms. The molecule has 0 saturated carbocycles. The van der Waals surface area contributed by atoms with Crippen LogP contribution in [0.5, 0.6) is 0 Å². The summed E-state index contributed by atoms with van der Waals surface area (Å²) in [7, 11) is 0. The van der Waals surface area contributed by atoms with Gasteiger partial charge in [-0.1, -0.05) is 41.9 Å². The fourth-order valence-corrected chi connectivity index (χ4v) is 5.49. The van der Waals surface area contributed by atoms with Crippen LogP contribution in [-0.4, -0.2) is 40.8 Å². The topological polar surface area (TPSA) is 96.4 Å². The Hall–Kier alpha value is -3.72. The molecule has 0 aromatic heterocycles. The number of carbonyl (C=O) groups excluding carboxylic acids is 3. The van der Waals surface area contributed by atoms with Crippen molar-refractivity contribution in [1.29, 1.82) is 0 Å². The maximum absolute atomic E-state index is 13.9. The highest BCUT2D eigenvalue weighted by molar-refractivity contribution is 6.30. The van der Waals surface area contributed by atoms with Crippen LogP contribution in [0.4, 0.5) is 11.4 Å². The van der Waals surface area contributed by atoms with E-state index in [1.165, 1.54) is 17.0 Å². The van der Waals surface area contributed by atoms with Crippen molar-refractivity contribution in [3.05, 3.63) is 94.5 Å². The molecule has 1 amide bonds. The zero-order valence-electron chi connectivity index (χ0n) is 18.3. The molecule has 1 N–H and O–H groups in total. The summed E-state index contributed by atoms with van der Waals surface area (Å²) in [5, 5.41) is 12.3. The summed E-state index contributed by atoms with van der Waals surface area (Å²) in [4.78, 5) is 54.5. The smallest absolute Gasteiger partial charge is 0.373 e. The quantitative estimate of drug-likeness (QED) is 0.438. The Balaban J connectivity index is 1.56. The van der Waals surface area contributed by atoms with Gasteiger partial charge < -0.3 is 10.0 Å². The number of halogens is 1. The van der Waals surface area contributed by atoms with Gasteiger partial charge in [0.2, 0.25) is 11.4 Å². The van der Waals surface area contributed by atoms with Crippen molar-refractivity contribution in [2.45, 2.75) is 24.3 Å². The first-order valence-corrected chi connectivity index (χ1v) is 11.5. The molecule has 0 aliphatic carbocycles. The second kappa shape index (κ2) is 7.64. The summed E-state index contributed by atoms with van der Waals surface area (Å²) in [5.41, 5.74) is -0.814. The number of fused-ring (bicyclic) bond motifs is 4. The summed E-state index contributed by atoms with van der Waals surface area (Å²) >= 11 is 6.00. The van der Waals surface area contributed by atoms with Gasteiger partial charge in [-0.25, -0.2) is 4.79 Å². The van der Waals surface area contributed by atoms with Gasteiger partial charge in [-0.3, -0.25) is 19.4 Å². The number of benzene rings is 3. The van der Waals surface area contributed by atoms with Gasteiger partial charge in [-0.2, -0.15) is 0 Å². The second-order valence-electron chi connectivity index (χ2n) is 8.69. The molecule has 176 valence electrons. The first-order valence-electron chi connectivity index (χ1n) is 11.1. The molecule has 9 heteroatoms. The maximum Gasteiger partial charge on any atom is 0.373 e. The molecular weight excluding hydrogens is 472 g/mol. The van der Waals surface area contributed by atoms with E-state index >= 15 is 0 Å². The Morgan fingerprint density at radius 3 is 2.43 bits per heavy atom. The molecule has 8 nitrogen and oxygen atoms in total. The molecule has 3 aliphatic rings. The summed E-state index contributed by atoms with van der Waals surface area (Å²) in [5.74, 6) is -4.13. The number of para-hydroxylation sites is 2. The Morgan fingerprint density at radius 1 is 0.943 bits per heavy atom. The Bertz CT molecular complexity index is 1410. The van der Waals surface area contributed by atoms with E-state index in [0.717, 1.165) is 0 Å². The van der Waals surface area contributed by atoms with Crippen molar-refractivity contribution < 1.29 is 29.3 Å². The minimum absolute atomic E-state index is 0.00265. The van der Waals surface area contributed by atoms with E-state index in [9.17, 15) is 19.5 Å². The van der Waals surface area contributed by atoms with Crippen molar-refractivity contribution in [2.75, 3.05) is 16.3 Å². The molecule has 3 aromatic rings. The Morgan fingerprint density at radius 2 is 1.66 bits per heavy atom. The lowest BCUT2D eigenvalue weighted by atomic mass is 9.73. The summed E-state index contributed by atoms with van der Waals surface area (Å²) in [6.07, 6.45) is 0.436. The van der Waals surface area contributed by atoms with Crippen LogP contribution in [0.25, 0.3) is 0 Å². The Labute approximate surface area is 205 Å². The van der Waals surface area contributed by atoms with Gasteiger partial charge >= 0.3 is 11.8 Å². The lowest BCUT2D eigenvalue weighted by Crippen LogP contribution is -2.83. The first kappa shape index (κ1) is 21.8. The Kier molecular flexibility index (Phi) is 4.76. The van der Waals surface area contributed by atoms with E-state index in [2.05, 4.69) is 0 Å². The molecule has 3 aliphatic heterocycles. The van der Waals surface area contributed by atoms with Crippen molar-refractivity contribution in [3.8, 4) is 0 Å². The number of piperidine rings is 1. The van der Waals surface area contributed by atoms with Crippen LogP contribution >= 0.6 is 11.6 Å². The predicted octanol–water partition coefficient (Wildman–Crippen LogP) is 3.97. The van der Waals surface area contributed by atoms with E-state index in [1.54, 1.807) is 65.6 Å². The number of amides is 1. The first-order chi connectivity index (χ1) is 16.9. The molecule has 6 rings (SSSR count). The largest absolute Gasteiger partial charge is 0.375 e. The van der Waals surface area contributed by atoms with Crippen LogP contribution in [0.2, 0.25) is 5.02 Å². The highest BCUT2D eigenvalue weighted by Crippen LogP contribution is 2.54. The number of Topliss-reactive ketones (excluding diaryl/α,β-unsaturated/α-hetero) is 1. The fraction of sp³-hybridized carbons (Fsp3) is 0.192. The number of anilines is 2. The molecule has 3 heterocycles. The third-order valence-corrected chi connectivity index (χ3v) is 7.05. The normalized spacial score (nSPS) is 24.4. The van der Waals surface area contributed by atoms with Gasteiger partial charge in [-0.05, 0) is 55.3 Å². The maximum atomic E-state index is 13.9. The van der Waals surface area contributed by atoms with E-state index in [1.807, 2.05) is 0 Å². The minimum Gasteiger partial charge on any atom is -0.375 e. The lowest BCUT2D eigenvalue weighted by molar-refractivity contribution is -0.352. The number of hydrogen-bond donors (Lipinski definition) is 1. The van der Waals surface area contributed by atoms with E-state index < -0.39 is 29.1 Å². The molecule has 0 unspecified atom stereocenters. The van der Waals surface area contributed by atoms with Crippen LogP contribution in [-0.2, 0) is 9.78 Å². The second-order valence-corrected chi connectivity index (χ2v) is 9.13. The highest BCUT2D eigenvalue weighted by atomic mass is 35.5. The molecule has 0 radical (unpaired) electrons. The monoisotopic (exact) mass is 490 g/mol. The molecular formula is C26H19ClN2O6. The lowest BCUT2D eigenvalue weighted by Gasteiger charge is -2.61. The number of carbonyl (C=O) groups is 3. The van der Waals surface area contributed by atoms with Crippen LogP contribution in [0.1, 0.15) is 43.9 Å². The number of ketones is 1. The average Bonchev–Trinajstić information content (AvgIpc) is 2.87. The van der Waals surface area contributed by atoms with Crippen molar-refractivity contribution in [2.24, 2.45) is 0 Å². The number of aliphatic hydroxyl groups is 1. The van der Waals surface area contributed by atoms with E-state index in [0.29, 0.717) is 29.2 Å². The summed E-state index contributed by atoms with van der Waals surface area (Å²) < 4.78 is 0. The number of nitrogens with zero attached hydrogens (tertiary/aromatic N) is 2. The molecule has 2 atom stereocenters. The van der Waals surface area contributed by atoms with E-state index in [-0.39, 0.29) is 23.2 Å². The van der Waals surface area contributed by atoms with Gasteiger partial charge in [0, 0.05) is 17.1 Å². The predicted molar refractivity (Wildman–Crippen MR) is 126 cm³/mol. The highest BCUT2D eigenvalue weighted by Gasteiger charge is 2.73. The molecule has 1 fully saturated rings. The standard InChI is InChI=1S/C26H19ClN2O6/c27-17-8-5-7-16(15-17)24(32)34-35-26-25(33)13-6-14-28(26)20-11-3-2-10-19(20)23(31)29(26)21-12-4-1-9-18(21)22(25)30/h1-5,7-12,15,33H,6,13-14H2/t25-,26+/m1/s1. The van der Waals surface area contributed by atoms with Gasteiger partial charge in [0.1, 0.15) is 0 Å². The van der Waals surface area contributed by atoms with Crippen LogP contribution in [0.15, 0.2) is 72.8 Å². The molecule has 35 heavy (non-hydrogen) atoms. The number of hydrogen-bond acceptors (Lipinski definition) is 7. The van der Waals surface area contributed by atoms with Gasteiger partial charge in [-0.15, -0.1) is 4.89 Å².